The summed E-state index contributed by atoms with van der Waals surface area (Å²) in [6, 6.07) is 7.77. The van der Waals surface area contributed by atoms with Crippen molar-refractivity contribution >= 4 is 5.91 Å². The molecule has 0 bridgehead atoms. The van der Waals surface area contributed by atoms with E-state index in [0.29, 0.717) is 12.8 Å². The van der Waals surface area contributed by atoms with Gasteiger partial charge >= 0.3 is 0 Å². The Labute approximate surface area is 114 Å². The number of carbonyl (C=O) groups excluding carboxylic acids is 1. The van der Waals surface area contributed by atoms with Gasteiger partial charge in [-0.1, -0.05) is 31.2 Å². The molecule has 0 fully saturated rings. The van der Waals surface area contributed by atoms with E-state index < -0.39 is 6.10 Å². The van der Waals surface area contributed by atoms with Gasteiger partial charge in [0.1, 0.15) is 0 Å². The molecule has 4 nitrogen and oxygen atoms in total. The number of aliphatic hydroxyl groups excluding tert-OH is 1. The molecule has 0 spiro atoms. The van der Waals surface area contributed by atoms with Crippen LogP contribution in [0.3, 0.4) is 0 Å². The lowest BCUT2D eigenvalue weighted by atomic mass is 10.1. The Morgan fingerprint density at radius 2 is 2.21 bits per heavy atom. The Balaban J connectivity index is 1.97. The first-order valence-corrected chi connectivity index (χ1v) is 6.90. The first-order valence-electron chi connectivity index (χ1n) is 6.90. The molecular weight excluding hydrogens is 240 g/mol. The van der Waals surface area contributed by atoms with Crippen LogP contribution in [0.4, 0.5) is 0 Å². The molecule has 3 N–H and O–H groups in total. The number of rotatable bonds is 5. The van der Waals surface area contributed by atoms with E-state index in [1.54, 1.807) is 0 Å². The van der Waals surface area contributed by atoms with Crippen LogP contribution in [0.1, 0.15) is 37.4 Å². The van der Waals surface area contributed by atoms with E-state index >= 15 is 0 Å². The highest BCUT2D eigenvalue weighted by atomic mass is 16.3. The molecule has 1 aliphatic rings. The summed E-state index contributed by atoms with van der Waals surface area (Å²) in [5, 5.41) is 16.2. The Morgan fingerprint density at radius 3 is 2.95 bits per heavy atom. The average molecular weight is 262 g/mol. The second-order valence-electron chi connectivity index (χ2n) is 5.18. The predicted molar refractivity (Wildman–Crippen MR) is 74.8 cm³/mol. The maximum Gasteiger partial charge on any atom is 0.222 e. The normalized spacial score (nSPS) is 22.9. The molecule has 0 heterocycles. The highest BCUT2D eigenvalue weighted by Gasteiger charge is 2.31. The van der Waals surface area contributed by atoms with Crippen molar-refractivity contribution in [2.45, 2.75) is 44.9 Å². The summed E-state index contributed by atoms with van der Waals surface area (Å²) in [5.74, 6) is -0.0193. The molecule has 3 atom stereocenters. The molecule has 1 aliphatic carbocycles. The fourth-order valence-corrected chi connectivity index (χ4v) is 2.68. The maximum absolute atomic E-state index is 12.0. The number of nitrogens with one attached hydrogen (secondary N) is 2. The lowest BCUT2D eigenvalue weighted by Crippen LogP contribution is -2.38. The van der Waals surface area contributed by atoms with E-state index in [1.807, 2.05) is 38.1 Å². The van der Waals surface area contributed by atoms with Gasteiger partial charge in [0.05, 0.1) is 12.1 Å². The third kappa shape index (κ3) is 3.33. The maximum atomic E-state index is 12.0. The fourth-order valence-electron chi connectivity index (χ4n) is 2.68. The zero-order valence-electron chi connectivity index (χ0n) is 11.5. The molecule has 0 aliphatic heterocycles. The zero-order valence-corrected chi connectivity index (χ0v) is 11.5. The first-order chi connectivity index (χ1) is 9.11. The predicted octanol–water partition coefficient (Wildman–Crippen LogP) is 1.15. The largest absolute Gasteiger partial charge is 0.390 e. The van der Waals surface area contributed by atoms with Crippen molar-refractivity contribution in [1.82, 2.24) is 10.6 Å². The van der Waals surface area contributed by atoms with Gasteiger partial charge in [0, 0.05) is 18.9 Å². The Hall–Kier alpha value is -1.39. The lowest BCUT2D eigenvalue weighted by molar-refractivity contribution is -0.123. The molecule has 19 heavy (non-hydrogen) atoms. The van der Waals surface area contributed by atoms with Crippen LogP contribution in [-0.4, -0.2) is 29.7 Å². The molecule has 0 saturated carbocycles. The SMILES string of the molecule is CCNC(C)CC(=O)N[C@H]1c2ccccc2C[C@H]1O. The minimum atomic E-state index is -0.518. The van der Waals surface area contributed by atoms with Gasteiger partial charge in [0.2, 0.25) is 5.91 Å². The molecule has 1 unspecified atom stereocenters. The summed E-state index contributed by atoms with van der Waals surface area (Å²) in [6.45, 7) is 4.86. The number of aliphatic hydroxyl groups is 1. The van der Waals surface area contributed by atoms with Crippen LogP contribution in [0.5, 0.6) is 0 Å². The molecule has 0 radical (unpaired) electrons. The van der Waals surface area contributed by atoms with Gasteiger partial charge in [0.25, 0.3) is 0 Å². The van der Waals surface area contributed by atoms with E-state index in [9.17, 15) is 9.90 Å². The smallest absolute Gasteiger partial charge is 0.222 e. The van der Waals surface area contributed by atoms with Gasteiger partial charge in [-0.05, 0) is 24.6 Å². The summed E-state index contributed by atoms with van der Waals surface area (Å²) < 4.78 is 0. The van der Waals surface area contributed by atoms with Gasteiger partial charge in [-0.15, -0.1) is 0 Å². The molecule has 4 heteroatoms. The van der Waals surface area contributed by atoms with E-state index in [1.165, 1.54) is 0 Å². The van der Waals surface area contributed by atoms with Crippen LogP contribution < -0.4 is 10.6 Å². The molecule has 1 aromatic rings. The third-order valence-electron chi connectivity index (χ3n) is 3.56. The minimum Gasteiger partial charge on any atom is -0.390 e. The first kappa shape index (κ1) is 14.0. The van der Waals surface area contributed by atoms with Crippen molar-refractivity contribution in [3.8, 4) is 0 Å². The number of amides is 1. The van der Waals surface area contributed by atoms with Crippen LogP contribution in [0, 0.1) is 0 Å². The summed E-state index contributed by atoms with van der Waals surface area (Å²) in [6.07, 6.45) is 0.527. The Bertz CT molecular complexity index is 448. The molecule has 2 rings (SSSR count). The molecular formula is C15H22N2O2. The number of carbonyl (C=O) groups is 1. The fraction of sp³-hybridized carbons (Fsp3) is 0.533. The second kappa shape index (κ2) is 6.17. The number of hydrogen-bond acceptors (Lipinski definition) is 3. The molecule has 1 amide bonds. The Kier molecular flexibility index (Phi) is 4.56. The van der Waals surface area contributed by atoms with Crippen LogP contribution in [0.2, 0.25) is 0 Å². The minimum absolute atomic E-state index is 0.0193. The number of fused-ring (bicyclic) bond motifs is 1. The standard InChI is InChI=1S/C15H22N2O2/c1-3-16-10(2)8-14(19)17-15-12-7-5-4-6-11(12)9-13(15)18/h4-7,10,13,15-16,18H,3,8-9H2,1-2H3,(H,17,19)/t10?,13-,15+/m1/s1. The molecule has 104 valence electrons. The molecule has 0 saturated heterocycles. The van der Waals surface area contributed by atoms with Gasteiger partial charge in [-0.2, -0.15) is 0 Å². The van der Waals surface area contributed by atoms with Crippen LogP contribution in [0.15, 0.2) is 24.3 Å². The van der Waals surface area contributed by atoms with Crippen molar-refractivity contribution in [2.24, 2.45) is 0 Å². The van der Waals surface area contributed by atoms with Crippen molar-refractivity contribution in [1.29, 1.82) is 0 Å². The highest BCUT2D eigenvalue weighted by molar-refractivity contribution is 5.77. The summed E-state index contributed by atoms with van der Waals surface area (Å²) in [7, 11) is 0. The van der Waals surface area contributed by atoms with Gasteiger partial charge < -0.3 is 15.7 Å². The topological polar surface area (TPSA) is 61.4 Å². The van der Waals surface area contributed by atoms with Crippen molar-refractivity contribution < 1.29 is 9.90 Å². The quantitative estimate of drug-likeness (QED) is 0.746. The van der Waals surface area contributed by atoms with Crippen molar-refractivity contribution in [2.75, 3.05) is 6.54 Å². The van der Waals surface area contributed by atoms with E-state index in [-0.39, 0.29) is 18.0 Å². The molecule has 0 aromatic heterocycles. The highest BCUT2D eigenvalue weighted by Crippen LogP contribution is 2.31. The van der Waals surface area contributed by atoms with Crippen LogP contribution in [0.25, 0.3) is 0 Å². The zero-order chi connectivity index (χ0) is 13.8. The Morgan fingerprint density at radius 1 is 1.47 bits per heavy atom. The number of hydrogen-bond donors (Lipinski definition) is 3. The summed E-state index contributed by atoms with van der Waals surface area (Å²) >= 11 is 0. The van der Waals surface area contributed by atoms with Crippen LogP contribution in [-0.2, 0) is 11.2 Å². The van der Waals surface area contributed by atoms with Gasteiger partial charge in [-0.25, -0.2) is 0 Å². The van der Waals surface area contributed by atoms with Crippen LogP contribution >= 0.6 is 0 Å². The number of benzene rings is 1. The second-order valence-corrected chi connectivity index (χ2v) is 5.18. The third-order valence-corrected chi connectivity index (χ3v) is 3.56. The lowest BCUT2D eigenvalue weighted by Gasteiger charge is -2.19. The van der Waals surface area contributed by atoms with Crippen molar-refractivity contribution in [3.63, 3.8) is 0 Å². The van der Waals surface area contributed by atoms with E-state index in [0.717, 1.165) is 17.7 Å². The van der Waals surface area contributed by atoms with E-state index in [4.69, 9.17) is 0 Å². The molecule has 1 aromatic carbocycles. The summed E-state index contributed by atoms with van der Waals surface area (Å²) in [4.78, 5) is 12.0. The van der Waals surface area contributed by atoms with E-state index in [2.05, 4.69) is 10.6 Å². The monoisotopic (exact) mass is 262 g/mol. The van der Waals surface area contributed by atoms with Crippen molar-refractivity contribution in [3.05, 3.63) is 35.4 Å². The van der Waals surface area contributed by atoms with Gasteiger partial charge in [-0.3, -0.25) is 4.79 Å². The van der Waals surface area contributed by atoms with Gasteiger partial charge in [0.15, 0.2) is 0 Å². The average Bonchev–Trinajstić information content (AvgIpc) is 2.66. The summed E-state index contributed by atoms with van der Waals surface area (Å²) in [5.41, 5.74) is 2.17.